The molecular weight excluding hydrogens is 252 g/mol. The summed E-state index contributed by atoms with van der Waals surface area (Å²) in [6.45, 7) is 4.02. The van der Waals surface area contributed by atoms with Gasteiger partial charge in [-0.1, -0.05) is 38.5 Å². The van der Waals surface area contributed by atoms with Gasteiger partial charge in [0.2, 0.25) is 11.8 Å². The standard InChI is InChI=1S/C16H24N2O2/c1-3-8-14(18-15(19)9-4-2)12-16(20)17-13-10-6-5-7-11-13/h5-7,10-11,14H,3-4,8-9,12H2,1-2H3,(H,17,20)(H,18,19). The zero-order valence-corrected chi connectivity index (χ0v) is 12.3. The van der Waals surface area contributed by atoms with Crippen LogP contribution in [0.5, 0.6) is 0 Å². The molecule has 110 valence electrons. The van der Waals surface area contributed by atoms with Gasteiger partial charge < -0.3 is 10.6 Å². The molecule has 4 nitrogen and oxygen atoms in total. The van der Waals surface area contributed by atoms with Crippen LogP contribution in [0.25, 0.3) is 0 Å². The van der Waals surface area contributed by atoms with Crippen molar-refractivity contribution < 1.29 is 9.59 Å². The first kappa shape index (κ1) is 16.2. The highest BCUT2D eigenvalue weighted by atomic mass is 16.2. The van der Waals surface area contributed by atoms with Crippen molar-refractivity contribution >= 4 is 17.5 Å². The van der Waals surface area contributed by atoms with Crippen molar-refractivity contribution in [1.29, 1.82) is 0 Å². The Kier molecular flexibility index (Phi) is 7.40. The van der Waals surface area contributed by atoms with Crippen LogP contribution < -0.4 is 10.6 Å². The lowest BCUT2D eigenvalue weighted by molar-refractivity contribution is -0.122. The van der Waals surface area contributed by atoms with Gasteiger partial charge in [-0.2, -0.15) is 0 Å². The van der Waals surface area contributed by atoms with E-state index in [0.29, 0.717) is 12.8 Å². The predicted molar refractivity (Wildman–Crippen MR) is 81.4 cm³/mol. The number of anilines is 1. The fourth-order valence-corrected chi connectivity index (χ4v) is 2.06. The molecule has 0 aliphatic carbocycles. The van der Waals surface area contributed by atoms with E-state index >= 15 is 0 Å². The maximum Gasteiger partial charge on any atom is 0.226 e. The van der Waals surface area contributed by atoms with Crippen LogP contribution in [0, 0.1) is 0 Å². The molecule has 4 heteroatoms. The summed E-state index contributed by atoms with van der Waals surface area (Å²) in [5.41, 5.74) is 0.785. The Morgan fingerprint density at radius 1 is 1.05 bits per heavy atom. The first-order valence-electron chi connectivity index (χ1n) is 7.30. The second-order valence-corrected chi connectivity index (χ2v) is 4.92. The molecule has 1 atom stereocenters. The third kappa shape index (κ3) is 6.36. The number of nitrogens with one attached hydrogen (secondary N) is 2. The zero-order valence-electron chi connectivity index (χ0n) is 12.3. The highest BCUT2D eigenvalue weighted by molar-refractivity contribution is 5.91. The normalized spacial score (nSPS) is 11.7. The molecule has 2 amide bonds. The molecule has 2 N–H and O–H groups in total. The maximum absolute atomic E-state index is 12.0. The summed E-state index contributed by atoms with van der Waals surface area (Å²) in [5.74, 6) is -0.0371. The lowest BCUT2D eigenvalue weighted by Crippen LogP contribution is -2.37. The van der Waals surface area contributed by atoms with Crippen molar-refractivity contribution in [3.63, 3.8) is 0 Å². The minimum atomic E-state index is -0.0808. The minimum absolute atomic E-state index is 0.0264. The van der Waals surface area contributed by atoms with Gasteiger partial charge in [0.25, 0.3) is 0 Å². The molecule has 0 fully saturated rings. The first-order chi connectivity index (χ1) is 9.65. The summed E-state index contributed by atoms with van der Waals surface area (Å²) < 4.78 is 0. The Bertz CT molecular complexity index is 418. The van der Waals surface area contributed by atoms with Crippen molar-refractivity contribution in [2.45, 2.75) is 52.0 Å². The van der Waals surface area contributed by atoms with Gasteiger partial charge in [-0.05, 0) is 25.0 Å². The van der Waals surface area contributed by atoms with Gasteiger partial charge in [-0.3, -0.25) is 9.59 Å². The molecular formula is C16H24N2O2. The number of carbonyl (C=O) groups excluding carboxylic acids is 2. The van der Waals surface area contributed by atoms with Crippen LogP contribution >= 0.6 is 0 Å². The van der Waals surface area contributed by atoms with Crippen LogP contribution in [0.3, 0.4) is 0 Å². The monoisotopic (exact) mass is 276 g/mol. The smallest absolute Gasteiger partial charge is 0.226 e. The third-order valence-corrected chi connectivity index (χ3v) is 2.97. The molecule has 0 aliphatic heterocycles. The quantitative estimate of drug-likeness (QED) is 0.766. The molecule has 0 aromatic heterocycles. The lowest BCUT2D eigenvalue weighted by Gasteiger charge is -2.17. The maximum atomic E-state index is 12.0. The van der Waals surface area contributed by atoms with Crippen LogP contribution in [0.2, 0.25) is 0 Å². The molecule has 1 aromatic rings. The van der Waals surface area contributed by atoms with Gasteiger partial charge in [-0.25, -0.2) is 0 Å². The van der Waals surface area contributed by atoms with Crippen molar-refractivity contribution in [1.82, 2.24) is 5.32 Å². The molecule has 1 aromatic carbocycles. The summed E-state index contributed by atoms with van der Waals surface area (Å²) in [5, 5.41) is 5.78. The second-order valence-electron chi connectivity index (χ2n) is 4.92. The molecule has 0 heterocycles. The van der Waals surface area contributed by atoms with Crippen LogP contribution in [0.15, 0.2) is 30.3 Å². The Morgan fingerprint density at radius 3 is 2.35 bits per heavy atom. The van der Waals surface area contributed by atoms with Crippen molar-refractivity contribution in [3.05, 3.63) is 30.3 Å². The summed E-state index contributed by atoms with van der Waals surface area (Å²) >= 11 is 0. The number of hydrogen-bond acceptors (Lipinski definition) is 2. The average Bonchev–Trinajstić information content (AvgIpc) is 2.40. The van der Waals surface area contributed by atoms with Gasteiger partial charge in [-0.15, -0.1) is 0 Å². The van der Waals surface area contributed by atoms with E-state index < -0.39 is 0 Å². The van der Waals surface area contributed by atoms with Gasteiger partial charge in [0.05, 0.1) is 0 Å². The second kappa shape index (κ2) is 9.13. The Balaban J connectivity index is 2.48. The fraction of sp³-hybridized carbons (Fsp3) is 0.500. The number of benzene rings is 1. The molecule has 0 aliphatic rings. The van der Waals surface area contributed by atoms with Gasteiger partial charge >= 0.3 is 0 Å². The van der Waals surface area contributed by atoms with Crippen LogP contribution in [0.4, 0.5) is 5.69 Å². The summed E-state index contributed by atoms with van der Waals surface area (Å²) in [4.78, 5) is 23.6. The Labute approximate surface area is 121 Å². The lowest BCUT2D eigenvalue weighted by atomic mass is 10.1. The molecule has 0 saturated heterocycles. The first-order valence-corrected chi connectivity index (χ1v) is 7.30. The highest BCUT2D eigenvalue weighted by Crippen LogP contribution is 2.08. The van der Waals surface area contributed by atoms with E-state index in [0.717, 1.165) is 24.9 Å². The topological polar surface area (TPSA) is 58.2 Å². The van der Waals surface area contributed by atoms with Gasteiger partial charge in [0.15, 0.2) is 0 Å². The van der Waals surface area contributed by atoms with Gasteiger partial charge in [0, 0.05) is 24.6 Å². The SMILES string of the molecule is CCCC(=O)NC(CCC)CC(=O)Nc1ccccc1. The van der Waals surface area contributed by atoms with Crippen LogP contribution in [0.1, 0.15) is 46.0 Å². The largest absolute Gasteiger partial charge is 0.353 e. The molecule has 1 unspecified atom stereocenters. The Hall–Kier alpha value is -1.84. The molecule has 0 spiro atoms. The van der Waals surface area contributed by atoms with E-state index in [-0.39, 0.29) is 17.9 Å². The van der Waals surface area contributed by atoms with E-state index in [1.165, 1.54) is 0 Å². The fourth-order valence-electron chi connectivity index (χ4n) is 2.06. The molecule has 0 bridgehead atoms. The van der Waals surface area contributed by atoms with E-state index in [4.69, 9.17) is 0 Å². The van der Waals surface area contributed by atoms with E-state index in [2.05, 4.69) is 10.6 Å². The van der Waals surface area contributed by atoms with Gasteiger partial charge in [0.1, 0.15) is 0 Å². The predicted octanol–water partition coefficient (Wildman–Crippen LogP) is 3.10. The molecule has 0 radical (unpaired) electrons. The van der Waals surface area contributed by atoms with Crippen LogP contribution in [-0.4, -0.2) is 17.9 Å². The summed E-state index contributed by atoms with van der Waals surface area (Å²) in [6, 6.07) is 9.28. The van der Waals surface area contributed by atoms with Crippen molar-refractivity contribution in [2.24, 2.45) is 0 Å². The number of carbonyl (C=O) groups is 2. The van der Waals surface area contributed by atoms with Crippen molar-refractivity contribution in [2.75, 3.05) is 5.32 Å². The van der Waals surface area contributed by atoms with E-state index in [1.807, 2.05) is 44.2 Å². The summed E-state index contributed by atoms with van der Waals surface area (Å²) in [7, 11) is 0. The van der Waals surface area contributed by atoms with E-state index in [9.17, 15) is 9.59 Å². The summed E-state index contributed by atoms with van der Waals surface area (Å²) in [6.07, 6.45) is 3.41. The third-order valence-electron chi connectivity index (χ3n) is 2.97. The van der Waals surface area contributed by atoms with Crippen molar-refractivity contribution in [3.8, 4) is 0 Å². The van der Waals surface area contributed by atoms with E-state index in [1.54, 1.807) is 0 Å². The number of rotatable bonds is 8. The number of hydrogen-bond donors (Lipinski definition) is 2. The number of amides is 2. The zero-order chi connectivity index (χ0) is 14.8. The highest BCUT2D eigenvalue weighted by Gasteiger charge is 2.15. The molecule has 0 saturated carbocycles. The Morgan fingerprint density at radius 2 is 1.75 bits per heavy atom. The molecule has 20 heavy (non-hydrogen) atoms. The molecule has 1 rings (SSSR count). The number of para-hydroxylation sites is 1. The van der Waals surface area contributed by atoms with Crippen LogP contribution in [-0.2, 0) is 9.59 Å². The minimum Gasteiger partial charge on any atom is -0.353 e. The average molecular weight is 276 g/mol.